The average molecular weight is 702 g/mol. The van der Waals surface area contributed by atoms with Crippen LogP contribution in [0.15, 0.2) is 107 Å². The van der Waals surface area contributed by atoms with Gasteiger partial charge < -0.3 is 0 Å². The van der Waals surface area contributed by atoms with Gasteiger partial charge in [-0.05, 0) is 47.2 Å². The van der Waals surface area contributed by atoms with Crippen molar-refractivity contribution in [2.75, 3.05) is 0 Å². The molecule has 44 heavy (non-hydrogen) atoms. The van der Waals surface area contributed by atoms with Gasteiger partial charge in [-0.15, -0.1) is 22.7 Å². The lowest BCUT2D eigenvalue weighted by atomic mass is 10.1. The summed E-state index contributed by atoms with van der Waals surface area (Å²) in [5.41, 5.74) is 4.71. The van der Waals surface area contributed by atoms with Crippen molar-refractivity contribution in [1.29, 1.82) is 0 Å². The molecule has 0 aliphatic rings. The van der Waals surface area contributed by atoms with Crippen molar-refractivity contribution in [1.82, 2.24) is 0 Å². The molecule has 0 radical (unpaired) electrons. The van der Waals surface area contributed by atoms with Crippen molar-refractivity contribution >= 4 is 82.3 Å². The Kier molecular flexibility index (Phi) is 10.2. The van der Waals surface area contributed by atoms with Gasteiger partial charge in [0.2, 0.25) is 0 Å². The SMILES string of the molecule is CCc1ccc(Cc2sc3ccccc3c2S(=O)(=O)Cl)cc1.CCc1ccc(Cc2sc3ccccc3c2S(=O)(=O)Cl)cc1. The van der Waals surface area contributed by atoms with Crippen molar-refractivity contribution < 1.29 is 16.8 Å². The third-order valence-electron chi connectivity index (χ3n) is 7.32. The highest BCUT2D eigenvalue weighted by Gasteiger charge is 2.23. The zero-order valence-electron chi connectivity index (χ0n) is 24.1. The second kappa shape index (κ2) is 13.7. The molecule has 0 N–H and O–H groups in total. The van der Waals surface area contributed by atoms with Gasteiger partial charge in [-0.3, -0.25) is 0 Å². The van der Waals surface area contributed by atoms with Crippen LogP contribution in [0.1, 0.15) is 45.9 Å². The molecule has 0 saturated heterocycles. The van der Waals surface area contributed by atoms with Gasteiger partial charge in [0.1, 0.15) is 9.79 Å². The predicted octanol–water partition coefficient (Wildman–Crippen LogP) is 9.96. The number of aryl methyl sites for hydroxylation is 2. The molecule has 0 saturated carbocycles. The number of hydrogen-bond acceptors (Lipinski definition) is 6. The third-order valence-corrected chi connectivity index (χ3v) is 12.7. The third kappa shape index (κ3) is 7.56. The lowest BCUT2D eigenvalue weighted by molar-refractivity contribution is 0.608. The number of thiophene rings is 2. The molecule has 0 aliphatic heterocycles. The van der Waals surface area contributed by atoms with E-state index in [2.05, 4.69) is 38.1 Å². The quantitative estimate of drug-likeness (QED) is 0.148. The van der Waals surface area contributed by atoms with Crippen LogP contribution in [0.25, 0.3) is 20.2 Å². The molecule has 4 aromatic carbocycles. The molecule has 6 rings (SSSR count). The highest BCUT2D eigenvalue weighted by molar-refractivity contribution is 8.14. The molecule has 4 nitrogen and oxygen atoms in total. The molecule has 0 unspecified atom stereocenters. The molecule has 2 heterocycles. The summed E-state index contributed by atoms with van der Waals surface area (Å²) in [6, 6.07) is 31.5. The van der Waals surface area contributed by atoms with Gasteiger partial charge >= 0.3 is 0 Å². The molecule has 2 aromatic heterocycles. The topological polar surface area (TPSA) is 68.3 Å². The lowest BCUT2D eigenvalue weighted by Gasteiger charge is -2.03. The highest BCUT2D eigenvalue weighted by Crippen LogP contribution is 2.39. The molecule has 10 heteroatoms. The fraction of sp³-hybridized carbons (Fsp3) is 0.176. The Morgan fingerprint density at radius 3 is 1.14 bits per heavy atom. The first-order valence-corrected chi connectivity index (χ1v) is 20.3. The molecule has 0 fully saturated rings. The average Bonchev–Trinajstić information content (AvgIpc) is 3.56. The van der Waals surface area contributed by atoms with E-state index in [4.69, 9.17) is 21.4 Å². The van der Waals surface area contributed by atoms with E-state index in [1.54, 1.807) is 0 Å². The highest BCUT2D eigenvalue weighted by atomic mass is 35.7. The molecule has 0 atom stereocenters. The van der Waals surface area contributed by atoms with Gasteiger partial charge in [-0.2, -0.15) is 0 Å². The van der Waals surface area contributed by atoms with E-state index < -0.39 is 18.1 Å². The van der Waals surface area contributed by atoms with Gasteiger partial charge in [0, 0.05) is 64.1 Å². The minimum Gasteiger partial charge on any atom is -0.207 e. The van der Waals surface area contributed by atoms with E-state index in [1.807, 2.05) is 72.8 Å². The van der Waals surface area contributed by atoms with Gasteiger partial charge in [-0.25, -0.2) is 16.8 Å². The summed E-state index contributed by atoms with van der Waals surface area (Å²) in [7, 11) is 3.82. The maximum Gasteiger partial charge on any atom is 0.263 e. The van der Waals surface area contributed by atoms with Crippen LogP contribution < -0.4 is 0 Å². The minimum absolute atomic E-state index is 0.259. The first-order chi connectivity index (χ1) is 21.0. The first kappa shape index (κ1) is 32.7. The van der Waals surface area contributed by atoms with Crippen LogP contribution in [-0.2, 0) is 43.8 Å². The molecular weight excluding hydrogens is 672 g/mol. The Morgan fingerprint density at radius 1 is 0.500 bits per heavy atom. The Labute approximate surface area is 275 Å². The van der Waals surface area contributed by atoms with E-state index in [0.29, 0.717) is 23.6 Å². The molecule has 0 amide bonds. The fourth-order valence-corrected chi connectivity index (χ4v) is 11.3. The van der Waals surface area contributed by atoms with Crippen molar-refractivity contribution in [3.05, 3.63) is 129 Å². The lowest BCUT2D eigenvalue weighted by Crippen LogP contribution is -1.95. The Bertz CT molecular complexity index is 1970. The van der Waals surface area contributed by atoms with Crippen LogP contribution in [0.5, 0.6) is 0 Å². The van der Waals surface area contributed by atoms with Gasteiger partial charge in [0.15, 0.2) is 0 Å². The second-order valence-electron chi connectivity index (χ2n) is 10.3. The summed E-state index contributed by atoms with van der Waals surface area (Å²) in [5, 5.41) is 1.42. The number of rotatable bonds is 8. The Hall–Kier alpha value is -2.72. The number of fused-ring (bicyclic) bond motifs is 2. The van der Waals surface area contributed by atoms with E-state index in [1.165, 1.54) is 33.8 Å². The van der Waals surface area contributed by atoms with E-state index in [9.17, 15) is 16.8 Å². The summed E-state index contributed by atoms with van der Waals surface area (Å²) in [6.45, 7) is 4.22. The van der Waals surface area contributed by atoms with Crippen LogP contribution in [0.2, 0.25) is 0 Å². The zero-order chi connectivity index (χ0) is 31.5. The van der Waals surface area contributed by atoms with E-state index in [0.717, 1.165) is 43.1 Å². The Balaban J connectivity index is 0.000000175. The maximum absolute atomic E-state index is 12.0. The summed E-state index contributed by atoms with van der Waals surface area (Å²) in [6.07, 6.45) is 3.13. The second-order valence-corrected chi connectivity index (χ2v) is 17.5. The van der Waals surface area contributed by atoms with Crippen molar-refractivity contribution in [2.24, 2.45) is 0 Å². The molecule has 0 spiro atoms. The summed E-state index contributed by atoms with van der Waals surface area (Å²) in [5.74, 6) is 0. The van der Waals surface area contributed by atoms with Crippen LogP contribution >= 0.6 is 44.0 Å². The van der Waals surface area contributed by atoms with Crippen molar-refractivity contribution in [3.63, 3.8) is 0 Å². The van der Waals surface area contributed by atoms with E-state index >= 15 is 0 Å². The summed E-state index contributed by atoms with van der Waals surface area (Å²) in [4.78, 5) is 2.10. The molecular formula is C34H30Cl2O4S4. The van der Waals surface area contributed by atoms with Crippen LogP contribution in [0, 0.1) is 0 Å². The minimum atomic E-state index is -3.77. The number of hydrogen-bond donors (Lipinski definition) is 0. The first-order valence-electron chi connectivity index (χ1n) is 14.0. The standard InChI is InChI=1S/2C17H15ClO2S2/c2*1-2-12-7-9-13(10-8-12)11-16-17(22(18,19)20)14-5-3-4-6-15(14)21-16/h2*3-10H,2,11H2,1H3. The van der Waals surface area contributed by atoms with E-state index in [-0.39, 0.29) is 9.79 Å². The Morgan fingerprint density at radius 2 is 0.818 bits per heavy atom. The van der Waals surface area contributed by atoms with Gasteiger partial charge in [0.05, 0.1) is 0 Å². The van der Waals surface area contributed by atoms with Crippen LogP contribution in [0.3, 0.4) is 0 Å². The van der Waals surface area contributed by atoms with Gasteiger partial charge in [0.25, 0.3) is 18.1 Å². The molecule has 6 aromatic rings. The molecule has 0 bridgehead atoms. The smallest absolute Gasteiger partial charge is 0.207 e. The summed E-state index contributed by atoms with van der Waals surface area (Å²) < 4.78 is 49.9. The number of halogens is 2. The monoisotopic (exact) mass is 700 g/mol. The molecule has 228 valence electrons. The number of benzene rings is 4. The largest absolute Gasteiger partial charge is 0.263 e. The zero-order valence-corrected chi connectivity index (χ0v) is 28.9. The summed E-state index contributed by atoms with van der Waals surface area (Å²) >= 11 is 2.98. The van der Waals surface area contributed by atoms with Crippen molar-refractivity contribution in [3.8, 4) is 0 Å². The van der Waals surface area contributed by atoms with Crippen LogP contribution in [0.4, 0.5) is 0 Å². The van der Waals surface area contributed by atoms with Crippen molar-refractivity contribution in [2.45, 2.75) is 49.3 Å². The van der Waals surface area contributed by atoms with Crippen LogP contribution in [-0.4, -0.2) is 16.8 Å². The normalized spacial score (nSPS) is 11.9. The van der Waals surface area contributed by atoms with Gasteiger partial charge in [-0.1, -0.05) is 98.8 Å². The predicted molar refractivity (Wildman–Crippen MR) is 187 cm³/mol. The fourth-order valence-electron chi connectivity index (χ4n) is 5.07. The molecule has 0 aliphatic carbocycles. The maximum atomic E-state index is 12.0.